The number of aryl methyl sites for hydroxylation is 1. The zero-order chi connectivity index (χ0) is 13.9. The van der Waals surface area contributed by atoms with Gasteiger partial charge in [0.05, 0.1) is 6.42 Å². The van der Waals surface area contributed by atoms with Gasteiger partial charge >= 0.3 is 5.97 Å². The third-order valence-electron chi connectivity index (χ3n) is 2.17. The second kappa shape index (κ2) is 5.19. The van der Waals surface area contributed by atoms with Gasteiger partial charge in [-0.05, 0) is 6.07 Å². The van der Waals surface area contributed by atoms with Crippen molar-refractivity contribution < 1.29 is 23.1 Å². The fourth-order valence-electron chi connectivity index (χ4n) is 1.30. The topological polar surface area (TPSA) is 131 Å². The van der Waals surface area contributed by atoms with Gasteiger partial charge in [0.1, 0.15) is 10.6 Å². The molecule has 1 aromatic heterocycles. The first-order valence-corrected chi connectivity index (χ1v) is 6.40. The van der Waals surface area contributed by atoms with Gasteiger partial charge in [0.15, 0.2) is 0 Å². The van der Waals surface area contributed by atoms with Gasteiger partial charge in [-0.25, -0.2) is 13.1 Å². The van der Waals surface area contributed by atoms with Gasteiger partial charge in [0.2, 0.25) is 10.0 Å². The van der Waals surface area contributed by atoms with Crippen molar-refractivity contribution in [1.82, 2.24) is 9.29 Å². The summed E-state index contributed by atoms with van der Waals surface area (Å²) in [6.45, 7) is -0.224. The number of amides is 1. The number of carboxylic acid groups (broad SMARTS) is 1. The Morgan fingerprint density at radius 2 is 2.11 bits per heavy atom. The highest BCUT2D eigenvalue weighted by atomic mass is 32.2. The van der Waals surface area contributed by atoms with Crippen LogP contribution in [-0.4, -0.2) is 36.5 Å². The van der Waals surface area contributed by atoms with Gasteiger partial charge in [-0.3, -0.25) is 9.59 Å². The molecule has 0 radical (unpaired) electrons. The molecular weight excluding hydrogens is 262 g/mol. The predicted octanol–water partition coefficient (Wildman–Crippen LogP) is -1.12. The molecule has 0 aliphatic carbocycles. The largest absolute Gasteiger partial charge is 0.481 e. The molecule has 0 bridgehead atoms. The van der Waals surface area contributed by atoms with Crippen molar-refractivity contribution in [3.05, 3.63) is 18.0 Å². The van der Waals surface area contributed by atoms with Crippen LogP contribution in [0.3, 0.4) is 0 Å². The van der Waals surface area contributed by atoms with E-state index < -0.39 is 21.9 Å². The van der Waals surface area contributed by atoms with Crippen molar-refractivity contribution >= 4 is 21.9 Å². The molecule has 0 spiro atoms. The molecule has 1 heterocycles. The number of primary amides is 1. The molecule has 1 amide bonds. The molecule has 1 aromatic rings. The number of hydrogen-bond donors (Lipinski definition) is 3. The maximum absolute atomic E-state index is 11.7. The lowest BCUT2D eigenvalue weighted by molar-refractivity contribution is -0.136. The molecule has 0 aromatic carbocycles. The normalized spacial score (nSPS) is 11.4. The molecule has 0 fully saturated rings. The van der Waals surface area contributed by atoms with E-state index in [-0.39, 0.29) is 23.6 Å². The van der Waals surface area contributed by atoms with Gasteiger partial charge < -0.3 is 15.4 Å². The van der Waals surface area contributed by atoms with E-state index in [4.69, 9.17) is 10.8 Å². The van der Waals surface area contributed by atoms with Gasteiger partial charge in [-0.2, -0.15) is 0 Å². The van der Waals surface area contributed by atoms with E-state index in [0.29, 0.717) is 0 Å². The maximum Gasteiger partial charge on any atom is 0.304 e. The number of sulfonamides is 1. The number of aromatic nitrogens is 1. The number of hydrogen-bond acceptors (Lipinski definition) is 4. The summed E-state index contributed by atoms with van der Waals surface area (Å²) < 4.78 is 26.9. The first kappa shape index (κ1) is 14.2. The minimum absolute atomic E-state index is 0.0496. The van der Waals surface area contributed by atoms with Crippen LogP contribution in [0.25, 0.3) is 0 Å². The number of aliphatic carboxylic acids is 1. The lowest BCUT2D eigenvalue weighted by Crippen LogP contribution is -2.26. The molecule has 0 aliphatic rings. The monoisotopic (exact) mass is 275 g/mol. The van der Waals surface area contributed by atoms with E-state index >= 15 is 0 Å². The Hall–Kier alpha value is -1.87. The molecule has 18 heavy (non-hydrogen) atoms. The van der Waals surface area contributed by atoms with E-state index in [1.165, 1.54) is 17.8 Å². The molecule has 0 saturated heterocycles. The molecular formula is C9H13N3O5S. The molecule has 0 unspecified atom stereocenters. The smallest absolute Gasteiger partial charge is 0.304 e. The molecule has 4 N–H and O–H groups in total. The minimum Gasteiger partial charge on any atom is -0.481 e. The Bertz CT molecular complexity index is 575. The number of rotatable bonds is 6. The Morgan fingerprint density at radius 1 is 1.50 bits per heavy atom. The molecule has 1 rings (SSSR count). The van der Waals surface area contributed by atoms with Crippen molar-refractivity contribution in [2.24, 2.45) is 12.8 Å². The summed E-state index contributed by atoms with van der Waals surface area (Å²) >= 11 is 0. The molecule has 8 nitrogen and oxygen atoms in total. The molecule has 0 saturated carbocycles. The van der Waals surface area contributed by atoms with Gasteiger partial charge in [-0.1, -0.05) is 0 Å². The van der Waals surface area contributed by atoms with Gasteiger partial charge in [0, 0.05) is 19.8 Å². The van der Waals surface area contributed by atoms with Crippen LogP contribution in [-0.2, 0) is 21.9 Å². The fraction of sp³-hybridized carbons (Fsp3) is 0.333. The standard InChI is InChI=1S/C9H13N3O5S/c1-12-5-6(4-7(12)9(10)15)18(16,17)11-3-2-8(13)14/h4-5,11H,2-3H2,1H3,(H2,10,15)(H,13,14). The van der Waals surface area contributed by atoms with Gasteiger partial charge in [0.25, 0.3) is 5.91 Å². The number of nitrogens with zero attached hydrogens (tertiary/aromatic N) is 1. The lowest BCUT2D eigenvalue weighted by Gasteiger charge is -2.02. The van der Waals surface area contributed by atoms with Crippen LogP contribution >= 0.6 is 0 Å². The Kier molecular flexibility index (Phi) is 4.09. The highest BCUT2D eigenvalue weighted by Gasteiger charge is 2.19. The van der Waals surface area contributed by atoms with E-state index in [0.717, 1.165) is 6.07 Å². The summed E-state index contributed by atoms with van der Waals surface area (Å²) in [4.78, 5) is 21.1. The average molecular weight is 275 g/mol. The van der Waals surface area contributed by atoms with Crippen LogP contribution in [0.4, 0.5) is 0 Å². The predicted molar refractivity (Wildman–Crippen MR) is 61.4 cm³/mol. The first-order chi connectivity index (χ1) is 8.24. The second-order valence-corrected chi connectivity index (χ2v) is 5.34. The summed E-state index contributed by atoms with van der Waals surface area (Å²) in [5.41, 5.74) is 5.11. The number of nitrogens with two attached hydrogens (primary N) is 1. The molecule has 9 heteroatoms. The molecule has 100 valence electrons. The number of nitrogens with one attached hydrogen (secondary N) is 1. The van der Waals surface area contributed by atoms with Crippen LogP contribution < -0.4 is 10.5 Å². The van der Waals surface area contributed by atoms with Gasteiger partial charge in [-0.15, -0.1) is 0 Å². The zero-order valence-electron chi connectivity index (χ0n) is 9.58. The highest BCUT2D eigenvalue weighted by Crippen LogP contribution is 2.12. The fourth-order valence-corrected chi connectivity index (χ4v) is 2.40. The summed E-state index contributed by atoms with van der Waals surface area (Å²) in [7, 11) is -2.35. The minimum atomic E-state index is -3.83. The number of carbonyl (C=O) groups excluding carboxylic acids is 1. The molecule has 0 aliphatic heterocycles. The first-order valence-electron chi connectivity index (χ1n) is 4.91. The van der Waals surface area contributed by atoms with Crippen molar-refractivity contribution in [3.63, 3.8) is 0 Å². The van der Waals surface area contributed by atoms with Crippen LogP contribution in [0.2, 0.25) is 0 Å². The quantitative estimate of drug-likeness (QED) is 0.605. The van der Waals surface area contributed by atoms with Crippen molar-refractivity contribution in [1.29, 1.82) is 0 Å². The van der Waals surface area contributed by atoms with Crippen LogP contribution in [0.5, 0.6) is 0 Å². The maximum atomic E-state index is 11.7. The second-order valence-electron chi connectivity index (χ2n) is 3.58. The van der Waals surface area contributed by atoms with Crippen LogP contribution in [0.15, 0.2) is 17.2 Å². The van der Waals surface area contributed by atoms with E-state index in [1.54, 1.807) is 0 Å². The summed E-state index contributed by atoms with van der Waals surface area (Å²) in [6.07, 6.45) is 0.901. The van der Waals surface area contributed by atoms with Crippen molar-refractivity contribution in [3.8, 4) is 0 Å². The van der Waals surface area contributed by atoms with Crippen molar-refractivity contribution in [2.75, 3.05) is 6.54 Å². The Labute approximate surface area is 103 Å². The van der Waals surface area contributed by atoms with Crippen LogP contribution in [0.1, 0.15) is 16.9 Å². The van der Waals surface area contributed by atoms with Crippen LogP contribution in [0, 0.1) is 0 Å². The van der Waals surface area contributed by atoms with Crippen molar-refractivity contribution in [2.45, 2.75) is 11.3 Å². The summed E-state index contributed by atoms with van der Waals surface area (Å²) in [6, 6.07) is 1.13. The summed E-state index contributed by atoms with van der Waals surface area (Å²) in [5.74, 6) is -1.85. The number of carbonyl (C=O) groups is 2. The third kappa shape index (κ3) is 3.31. The highest BCUT2D eigenvalue weighted by molar-refractivity contribution is 7.89. The average Bonchev–Trinajstić information content (AvgIpc) is 2.60. The Balaban J connectivity index is 2.89. The summed E-state index contributed by atoms with van der Waals surface area (Å²) in [5, 5.41) is 8.40. The van der Waals surface area contributed by atoms with E-state index in [9.17, 15) is 18.0 Å². The molecule has 0 atom stereocenters. The SMILES string of the molecule is Cn1cc(S(=O)(=O)NCCC(=O)O)cc1C(N)=O. The lowest BCUT2D eigenvalue weighted by atomic mass is 10.4. The zero-order valence-corrected chi connectivity index (χ0v) is 10.4. The van der Waals surface area contributed by atoms with E-state index in [1.807, 2.05) is 0 Å². The third-order valence-corrected chi connectivity index (χ3v) is 3.60. The van der Waals surface area contributed by atoms with E-state index in [2.05, 4.69) is 4.72 Å². The number of carboxylic acids is 1. The Morgan fingerprint density at radius 3 is 2.56 bits per heavy atom.